The molecule has 1 aromatic rings. The molecule has 0 unspecified atom stereocenters. The SMILES string of the molecule is CCc1cc(F)cc(F)c1C. The van der Waals surface area contributed by atoms with E-state index >= 15 is 0 Å². The van der Waals surface area contributed by atoms with Crippen molar-refractivity contribution >= 4 is 0 Å². The van der Waals surface area contributed by atoms with E-state index in [2.05, 4.69) is 0 Å². The number of hydrogen-bond acceptors (Lipinski definition) is 0. The van der Waals surface area contributed by atoms with Gasteiger partial charge >= 0.3 is 0 Å². The van der Waals surface area contributed by atoms with Gasteiger partial charge in [0.25, 0.3) is 0 Å². The third-order valence-corrected chi connectivity index (χ3v) is 1.80. The van der Waals surface area contributed by atoms with Crippen molar-refractivity contribution in [1.82, 2.24) is 0 Å². The first-order valence-electron chi connectivity index (χ1n) is 3.59. The van der Waals surface area contributed by atoms with Crippen LogP contribution in [0.15, 0.2) is 12.1 Å². The van der Waals surface area contributed by atoms with E-state index < -0.39 is 11.6 Å². The van der Waals surface area contributed by atoms with Gasteiger partial charge in [0.05, 0.1) is 0 Å². The lowest BCUT2D eigenvalue weighted by atomic mass is 10.1. The molecule has 2 heteroatoms. The van der Waals surface area contributed by atoms with E-state index in [1.54, 1.807) is 6.92 Å². The standard InChI is InChI=1S/C9H10F2/c1-3-7-4-8(10)5-9(11)6(7)2/h4-5H,3H2,1-2H3. The van der Waals surface area contributed by atoms with Crippen molar-refractivity contribution < 1.29 is 8.78 Å². The van der Waals surface area contributed by atoms with Gasteiger partial charge in [-0.15, -0.1) is 0 Å². The summed E-state index contributed by atoms with van der Waals surface area (Å²) in [5.74, 6) is -0.952. The van der Waals surface area contributed by atoms with Crippen LogP contribution in [0, 0.1) is 18.6 Å². The normalized spacial score (nSPS) is 10.2. The second-order valence-electron chi connectivity index (χ2n) is 2.53. The molecule has 0 atom stereocenters. The second kappa shape index (κ2) is 2.99. The van der Waals surface area contributed by atoms with Gasteiger partial charge in [0.15, 0.2) is 0 Å². The molecule has 11 heavy (non-hydrogen) atoms. The highest BCUT2D eigenvalue weighted by Crippen LogP contribution is 2.14. The molecule has 0 aliphatic carbocycles. The van der Waals surface area contributed by atoms with Crippen molar-refractivity contribution in [1.29, 1.82) is 0 Å². The third-order valence-electron chi connectivity index (χ3n) is 1.80. The summed E-state index contributed by atoms with van der Waals surface area (Å²) in [5.41, 5.74) is 1.29. The Bertz CT molecular complexity index is 267. The molecule has 0 nitrogen and oxygen atoms in total. The third kappa shape index (κ3) is 1.56. The fourth-order valence-corrected chi connectivity index (χ4v) is 1.07. The molecule has 0 saturated heterocycles. The molecule has 0 saturated carbocycles. The summed E-state index contributed by atoms with van der Waals surface area (Å²) in [6, 6.07) is 2.28. The molecular formula is C9H10F2. The minimum atomic E-state index is -0.495. The van der Waals surface area contributed by atoms with Crippen LogP contribution in [-0.4, -0.2) is 0 Å². The maximum Gasteiger partial charge on any atom is 0.129 e. The van der Waals surface area contributed by atoms with Crippen LogP contribution in [0.3, 0.4) is 0 Å². The van der Waals surface area contributed by atoms with Gasteiger partial charge in [-0.05, 0) is 30.5 Å². The maximum absolute atomic E-state index is 12.8. The zero-order valence-electron chi connectivity index (χ0n) is 6.62. The summed E-state index contributed by atoms with van der Waals surface area (Å²) in [4.78, 5) is 0. The van der Waals surface area contributed by atoms with Gasteiger partial charge in [0, 0.05) is 6.07 Å². The quantitative estimate of drug-likeness (QED) is 0.586. The molecule has 0 aliphatic heterocycles. The number of benzene rings is 1. The van der Waals surface area contributed by atoms with Gasteiger partial charge in [-0.2, -0.15) is 0 Å². The van der Waals surface area contributed by atoms with Gasteiger partial charge in [-0.3, -0.25) is 0 Å². The highest BCUT2D eigenvalue weighted by atomic mass is 19.1. The summed E-state index contributed by atoms with van der Waals surface area (Å²) in [6.45, 7) is 3.54. The van der Waals surface area contributed by atoms with Crippen LogP contribution >= 0.6 is 0 Å². The van der Waals surface area contributed by atoms with Crippen LogP contribution in [0.1, 0.15) is 18.1 Å². The summed E-state index contributed by atoms with van der Waals surface area (Å²) < 4.78 is 25.3. The van der Waals surface area contributed by atoms with Crippen LogP contribution in [0.2, 0.25) is 0 Å². The molecule has 0 amide bonds. The van der Waals surface area contributed by atoms with Gasteiger partial charge < -0.3 is 0 Å². The van der Waals surface area contributed by atoms with E-state index in [1.807, 2.05) is 6.92 Å². The van der Waals surface area contributed by atoms with Crippen LogP contribution in [0.4, 0.5) is 8.78 Å². The average molecular weight is 156 g/mol. The van der Waals surface area contributed by atoms with Crippen molar-refractivity contribution in [3.63, 3.8) is 0 Å². The zero-order chi connectivity index (χ0) is 8.43. The van der Waals surface area contributed by atoms with Gasteiger partial charge in [0.1, 0.15) is 11.6 Å². The lowest BCUT2D eigenvalue weighted by molar-refractivity contribution is 0.573. The van der Waals surface area contributed by atoms with E-state index in [-0.39, 0.29) is 0 Å². The van der Waals surface area contributed by atoms with E-state index in [0.29, 0.717) is 12.0 Å². The Hall–Kier alpha value is -0.920. The monoisotopic (exact) mass is 156 g/mol. The summed E-state index contributed by atoms with van der Waals surface area (Å²) in [7, 11) is 0. The molecule has 1 rings (SSSR count). The predicted molar refractivity (Wildman–Crippen MR) is 40.5 cm³/mol. The minimum absolute atomic E-state index is 0.457. The molecule has 1 aromatic carbocycles. The molecule has 0 N–H and O–H groups in total. The molecule has 0 aliphatic rings. The van der Waals surface area contributed by atoms with Crippen LogP contribution in [0.5, 0.6) is 0 Å². The summed E-state index contributed by atoms with van der Waals surface area (Å²) >= 11 is 0. The Labute approximate surface area is 64.9 Å². The van der Waals surface area contributed by atoms with Gasteiger partial charge in [-0.25, -0.2) is 8.78 Å². The number of aryl methyl sites for hydroxylation is 1. The average Bonchev–Trinajstić information content (AvgIpc) is 1.96. The first-order chi connectivity index (χ1) is 5.15. The van der Waals surface area contributed by atoms with Crippen molar-refractivity contribution in [2.75, 3.05) is 0 Å². The topological polar surface area (TPSA) is 0 Å². The number of rotatable bonds is 1. The molecule has 0 fully saturated rings. The highest BCUT2D eigenvalue weighted by Gasteiger charge is 2.04. The first kappa shape index (κ1) is 8.18. The zero-order valence-corrected chi connectivity index (χ0v) is 6.62. The van der Waals surface area contributed by atoms with E-state index in [9.17, 15) is 8.78 Å². The van der Waals surface area contributed by atoms with E-state index in [4.69, 9.17) is 0 Å². The lowest BCUT2D eigenvalue weighted by Gasteiger charge is -2.03. The Kier molecular flexibility index (Phi) is 2.22. The van der Waals surface area contributed by atoms with Gasteiger partial charge in [-0.1, -0.05) is 6.92 Å². The first-order valence-corrected chi connectivity index (χ1v) is 3.59. The smallest absolute Gasteiger partial charge is 0.129 e. The Morgan fingerprint density at radius 3 is 2.45 bits per heavy atom. The Balaban J connectivity index is 3.24. The van der Waals surface area contributed by atoms with Crippen LogP contribution in [-0.2, 0) is 6.42 Å². The minimum Gasteiger partial charge on any atom is -0.207 e. The molecule has 0 spiro atoms. The molecular weight excluding hydrogens is 146 g/mol. The fraction of sp³-hybridized carbons (Fsp3) is 0.333. The summed E-state index contributed by atoms with van der Waals surface area (Å²) in [5, 5.41) is 0. The second-order valence-corrected chi connectivity index (χ2v) is 2.53. The van der Waals surface area contributed by atoms with Crippen molar-refractivity contribution in [2.24, 2.45) is 0 Å². The van der Waals surface area contributed by atoms with Crippen LogP contribution < -0.4 is 0 Å². The van der Waals surface area contributed by atoms with Crippen molar-refractivity contribution in [3.8, 4) is 0 Å². The fourth-order valence-electron chi connectivity index (χ4n) is 1.07. The Morgan fingerprint density at radius 2 is 1.91 bits per heavy atom. The largest absolute Gasteiger partial charge is 0.207 e. The summed E-state index contributed by atoms with van der Waals surface area (Å²) in [6.07, 6.45) is 0.667. The van der Waals surface area contributed by atoms with Gasteiger partial charge in [0.2, 0.25) is 0 Å². The Morgan fingerprint density at radius 1 is 1.27 bits per heavy atom. The van der Waals surface area contributed by atoms with Crippen LogP contribution in [0.25, 0.3) is 0 Å². The van der Waals surface area contributed by atoms with E-state index in [1.165, 1.54) is 6.07 Å². The molecule has 0 heterocycles. The maximum atomic E-state index is 12.8. The molecule has 0 aromatic heterocycles. The molecule has 0 radical (unpaired) electrons. The predicted octanol–water partition coefficient (Wildman–Crippen LogP) is 2.84. The number of halogens is 2. The van der Waals surface area contributed by atoms with Crippen molar-refractivity contribution in [2.45, 2.75) is 20.3 Å². The van der Waals surface area contributed by atoms with E-state index in [0.717, 1.165) is 11.6 Å². The molecule has 0 bridgehead atoms. The lowest BCUT2D eigenvalue weighted by Crippen LogP contribution is -1.92. The van der Waals surface area contributed by atoms with Crippen molar-refractivity contribution in [3.05, 3.63) is 34.9 Å². The number of hydrogen-bond donors (Lipinski definition) is 0. The molecule has 60 valence electrons. The highest BCUT2D eigenvalue weighted by molar-refractivity contribution is 5.27.